The van der Waals surface area contributed by atoms with Gasteiger partial charge in [0.2, 0.25) is 5.75 Å². The fourth-order valence-electron chi connectivity index (χ4n) is 2.53. The normalized spacial score (nSPS) is 15.9. The van der Waals surface area contributed by atoms with Gasteiger partial charge in [0.05, 0.1) is 21.3 Å². The first kappa shape index (κ1) is 14.9. The van der Waals surface area contributed by atoms with Crippen molar-refractivity contribution in [2.45, 2.75) is 25.4 Å². The second kappa shape index (κ2) is 7.36. The molecule has 2 rings (SSSR count). The minimum absolute atomic E-state index is 0.579. The molecule has 2 N–H and O–H groups in total. The zero-order valence-electron chi connectivity index (χ0n) is 12.5. The molecule has 0 bridgehead atoms. The van der Waals surface area contributed by atoms with Crippen LogP contribution in [0.4, 0.5) is 0 Å². The van der Waals surface area contributed by atoms with Crippen LogP contribution >= 0.6 is 0 Å². The van der Waals surface area contributed by atoms with Crippen molar-refractivity contribution in [3.05, 3.63) is 17.7 Å². The summed E-state index contributed by atoms with van der Waals surface area (Å²) < 4.78 is 16.1. The molecule has 1 heterocycles. The van der Waals surface area contributed by atoms with Crippen molar-refractivity contribution in [3.8, 4) is 17.2 Å². The lowest BCUT2D eigenvalue weighted by Crippen LogP contribution is -2.39. The maximum atomic E-state index is 5.37. The molecular weight excluding hydrogens is 256 g/mol. The van der Waals surface area contributed by atoms with E-state index in [1.165, 1.54) is 12.8 Å². The Balaban J connectivity index is 2.06. The van der Waals surface area contributed by atoms with Gasteiger partial charge >= 0.3 is 0 Å². The summed E-state index contributed by atoms with van der Waals surface area (Å²) in [7, 11) is 4.90. The summed E-state index contributed by atoms with van der Waals surface area (Å²) >= 11 is 0. The van der Waals surface area contributed by atoms with Gasteiger partial charge in [-0.15, -0.1) is 0 Å². The van der Waals surface area contributed by atoms with Crippen LogP contribution in [0.1, 0.15) is 18.4 Å². The molecule has 0 atom stereocenters. The maximum Gasteiger partial charge on any atom is 0.203 e. The minimum Gasteiger partial charge on any atom is -0.493 e. The summed E-state index contributed by atoms with van der Waals surface area (Å²) in [6, 6.07) is 4.57. The van der Waals surface area contributed by atoms with Crippen molar-refractivity contribution >= 4 is 0 Å². The van der Waals surface area contributed by atoms with Crippen LogP contribution < -0.4 is 24.8 Å². The SMILES string of the molecule is COc1cc(CNC2CCNCC2)cc(OC)c1OC. The van der Waals surface area contributed by atoms with Crippen molar-refractivity contribution < 1.29 is 14.2 Å². The predicted molar refractivity (Wildman–Crippen MR) is 78.8 cm³/mol. The topological polar surface area (TPSA) is 51.8 Å². The van der Waals surface area contributed by atoms with Gasteiger partial charge in [-0.3, -0.25) is 0 Å². The van der Waals surface area contributed by atoms with E-state index in [2.05, 4.69) is 10.6 Å². The quantitative estimate of drug-likeness (QED) is 0.828. The van der Waals surface area contributed by atoms with Crippen LogP contribution in [0.2, 0.25) is 0 Å². The Kier molecular flexibility index (Phi) is 5.49. The fourth-order valence-corrected chi connectivity index (χ4v) is 2.53. The Morgan fingerprint density at radius 2 is 1.65 bits per heavy atom. The van der Waals surface area contributed by atoms with Gasteiger partial charge in [-0.1, -0.05) is 0 Å². The van der Waals surface area contributed by atoms with E-state index in [9.17, 15) is 0 Å². The second-order valence-electron chi connectivity index (χ2n) is 4.94. The van der Waals surface area contributed by atoms with E-state index in [0.717, 1.165) is 25.2 Å². The molecule has 0 radical (unpaired) electrons. The van der Waals surface area contributed by atoms with Crippen LogP contribution in [0.15, 0.2) is 12.1 Å². The highest BCUT2D eigenvalue weighted by Crippen LogP contribution is 2.38. The number of nitrogens with one attached hydrogen (secondary N) is 2. The molecule has 5 heteroatoms. The highest BCUT2D eigenvalue weighted by Gasteiger charge is 2.15. The Morgan fingerprint density at radius 1 is 1.05 bits per heavy atom. The van der Waals surface area contributed by atoms with Crippen molar-refractivity contribution in [2.75, 3.05) is 34.4 Å². The van der Waals surface area contributed by atoms with Gasteiger partial charge < -0.3 is 24.8 Å². The Morgan fingerprint density at radius 3 is 2.15 bits per heavy atom. The first-order valence-corrected chi connectivity index (χ1v) is 7.01. The number of benzene rings is 1. The Labute approximate surface area is 120 Å². The lowest BCUT2D eigenvalue weighted by molar-refractivity contribution is 0.323. The van der Waals surface area contributed by atoms with Gasteiger partial charge in [-0.05, 0) is 43.6 Å². The molecule has 1 aliphatic heterocycles. The molecule has 1 saturated heterocycles. The average Bonchev–Trinajstić information content (AvgIpc) is 2.52. The van der Waals surface area contributed by atoms with E-state index in [1.54, 1.807) is 21.3 Å². The maximum absolute atomic E-state index is 5.37. The zero-order valence-corrected chi connectivity index (χ0v) is 12.5. The molecule has 1 aromatic carbocycles. The first-order chi connectivity index (χ1) is 9.78. The second-order valence-corrected chi connectivity index (χ2v) is 4.94. The van der Waals surface area contributed by atoms with Crippen molar-refractivity contribution in [1.82, 2.24) is 10.6 Å². The molecule has 1 aliphatic rings. The van der Waals surface area contributed by atoms with E-state index < -0.39 is 0 Å². The smallest absolute Gasteiger partial charge is 0.203 e. The molecular formula is C15H24N2O3. The molecule has 0 unspecified atom stereocenters. The zero-order chi connectivity index (χ0) is 14.4. The van der Waals surface area contributed by atoms with Gasteiger partial charge in [0, 0.05) is 12.6 Å². The molecule has 0 amide bonds. The molecule has 0 aliphatic carbocycles. The van der Waals surface area contributed by atoms with E-state index in [1.807, 2.05) is 12.1 Å². The third-order valence-corrected chi connectivity index (χ3v) is 3.66. The monoisotopic (exact) mass is 280 g/mol. The van der Waals surface area contributed by atoms with Crippen LogP contribution in [0, 0.1) is 0 Å². The lowest BCUT2D eigenvalue weighted by atomic mass is 10.1. The highest BCUT2D eigenvalue weighted by atomic mass is 16.5. The summed E-state index contributed by atoms with van der Waals surface area (Å²) in [4.78, 5) is 0. The van der Waals surface area contributed by atoms with Crippen molar-refractivity contribution in [3.63, 3.8) is 0 Å². The predicted octanol–water partition coefficient (Wildman–Crippen LogP) is 1.55. The third kappa shape index (κ3) is 3.55. The van der Waals surface area contributed by atoms with E-state index in [-0.39, 0.29) is 0 Å². The Bertz CT molecular complexity index is 406. The molecule has 112 valence electrons. The number of rotatable bonds is 6. The summed E-state index contributed by atoms with van der Waals surface area (Å²) in [5, 5.41) is 6.95. The van der Waals surface area contributed by atoms with Gasteiger partial charge in [-0.2, -0.15) is 0 Å². The lowest BCUT2D eigenvalue weighted by Gasteiger charge is -2.24. The molecule has 0 aromatic heterocycles. The van der Waals surface area contributed by atoms with E-state index in [0.29, 0.717) is 23.3 Å². The van der Waals surface area contributed by atoms with Gasteiger partial charge in [-0.25, -0.2) is 0 Å². The highest BCUT2D eigenvalue weighted by molar-refractivity contribution is 5.53. The number of piperidine rings is 1. The van der Waals surface area contributed by atoms with E-state index >= 15 is 0 Å². The standard InChI is InChI=1S/C15H24N2O3/c1-18-13-8-11(9-14(19-2)15(13)20-3)10-17-12-4-6-16-7-5-12/h8-9,12,16-17H,4-7,10H2,1-3H3. The van der Waals surface area contributed by atoms with Crippen LogP contribution in [-0.2, 0) is 6.54 Å². The molecule has 0 spiro atoms. The fraction of sp³-hybridized carbons (Fsp3) is 0.600. The number of methoxy groups -OCH3 is 3. The van der Waals surface area contributed by atoms with Gasteiger partial charge in [0.25, 0.3) is 0 Å². The van der Waals surface area contributed by atoms with Crippen LogP contribution in [0.25, 0.3) is 0 Å². The van der Waals surface area contributed by atoms with Gasteiger partial charge in [0.1, 0.15) is 0 Å². The molecule has 1 fully saturated rings. The molecule has 1 aromatic rings. The third-order valence-electron chi connectivity index (χ3n) is 3.66. The van der Waals surface area contributed by atoms with Crippen molar-refractivity contribution in [1.29, 1.82) is 0 Å². The number of hydrogen-bond donors (Lipinski definition) is 2. The molecule has 20 heavy (non-hydrogen) atoms. The largest absolute Gasteiger partial charge is 0.493 e. The molecule has 0 saturated carbocycles. The Hall–Kier alpha value is -1.46. The summed E-state index contributed by atoms with van der Waals surface area (Å²) in [6.07, 6.45) is 2.34. The number of ether oxygens (including phenoxy) is 3. The summed E-state index contributed by atoms with van der Waals surface area (Å²) in [5.74, 6) is 2.04. The summed E-state index contributed by atoms with van der Waals surface area (Å²) in [5.41, 5.74) is 1.14. The van der Waals surface area contributed by atoms with Crippen molar-refractivity contribution in [2.24, 2.45) is 0 Å². The molecule has 5 nitrogen and oxygen atoms in total. The van der Waals surface area contributed by atoms with E-state index in [4.69, 9.17) is 14.2 Å². The van der Waals surface area contributed by atoms with Crippen LogP contribution in [0.3, 0.4) is 0 Å². The minimum atomic E-state index is 0.579. The number of hydrogen-bond acceptors (Lipinski definition) is 5. The average molecular weight is 280 g/mol. The van der Waals surface area contributed by atoms with Crippen LogP contribution in [0.5, 0.6) is 17.2 Å². The first-order valence-electron chi connectivity index (χ1n) is 7.01. The summed E-state index contributed by atoms with van der Waals surface area (Å²) in [6.45, 7) is 2.99. The van der Waals surface area contributed by atoms with Gasteiger partial charge in [0.15, 0.2) is 11.5 Å². The van der Waals surface area contributed by atoms with Crippen LogP contribution in [-0.4, -0.2) is 40.5 Å².